The van der Waals surface area contributed by atoms with Gasteiger partial charge in [-0.15, -0.1) is 12.4 Å². The third-order valence-corrected chi connectivity index (χ3v) is 4.40. The number of carbonyl (C=O) groups excluding carboxylic acids is 1. The topological polar surface area (TPSA) is 50.4 Å². The van der Waals surface area contributed by atoms with Crippen molar-refractivity contribution in [3.05, 3.63) is 29.8 Å². The zero-order valence-corrected chi connectivity index (χ0v) is 14.5. The van der Waals surface area contributed by atoms with E-state index in [0.717, 1.165) is 18.1 Å². The molecule has 1 fully saturated rings. The molecule has 1 heterocycles. The standard InChI is InChI=1S/C15H19F3N2O2S.ClH/c16-15(17,18)10-22-13-4-2-1-3-11(13)8-20-14(21)7-12-9-23-6-5-19-12;/h1-4,12,19H,5-10H2,(H,20,21);1H. The third kappa shape index (κ3) is 7.63. The van der Waals surface area contributed by atoms with Crippen molar-refractivity contribution in [2.45, 2.75) is 25.2 Å². The van der Waals surface area contributed by atoms with Crippen molar-refractivity contribution in [3.8, 4) is 5.75 Å². The highest BCUT2D eigenvalue weighted by molar-refractivity contribution is 7.99. The Morgan fingerprint density at radius 2 is 2.12 bits per heavy atom. The van der Waals surface area contributed by atoms with Crippen molar-refractivity contribution in [1.29, 1.82) is 0 Å². The molecule has 1 unspecified atom stereocenters. The van der Waals surface area contributed by atoms with Gasteiger partial charge in [0, 0.05) is 42.6 Å². The molecule has 2 N–H and O–H groups in total. The van der Waals surface area contributed by atoms with Crippen LogP contribution < -0.4 is 15.4 Å². The Bertz CT molecular complexity index is 526. The number of amides is 1. The van der Waals surface area contributed by atoms with E-state index in [1.165, 1.54) is 6.07 Å². The van der Waals surface area contributed by atoms with Crippen LogP contribution in [0.15, 0.2) is 24.3 Å². The molecule has 0 bridgehead atoms. The second-order valence-electron chi connectivity index (χ2n) is 5.22. The lowest BCUT2D eigenvalue weighted by atomic mass is 10.2. The maximum absolute atomic E-state index is 12.2. The highest BCUT2D eigenvalue weighted by Crippen LogP contribution is 2.22. The molecule has 0 spiro atoms. The molecule has 1 amide bonds. The Morgan fingerprint density at radius 3 is 2.79 bits per heavy atom. The Hall–Kier alpha value is -1.12. The molecule has 4 nitrogen and oxygen atoms in total. The Labute approximate surface area is 149 Å². The average Bonchev–Trinajstić information content (AvgIpc) is 2.52. The molecule has 9 heteroatoms. The van der Waals surface area contributed by atoms with Gasteiger partial charge in [0.1, 0.15) is 5.75 Å². The summed E-state index contributed by atoms with van der Waals surface area (Å²) in [6, 6.07) is 6.54. The van der Waals surface area contributed by atoms with Crippen molar-refractivity contribution in [2.75, 3.05) is 24.7 Å². The van der Waals surface area contributed by atoms with Crippen molar-refractivity contribution in [1.82, 2.24) is 10.6 Å². The van der Waals surface area contributed by atoms with Crippen LogP contribution in [0.4, 0.5) is 13.2 Å². The van der Waals surface area contributed by atoms with E-state index in [9.17, 15) is 18.0 Å². The van der Waals surface area contributed by atoms with Crippen LogP contribution in [0.1, 0.15) is 12.0 Å². The van der Waals surface area contributed by atoms with Gasteiger partial charge in [-0.25, -0.2) is 0 Å². The molecule has 24 heavy (non-hydrogen) atoms. The number of carbonyl (C=O) groups is 1. The molecule has 2 rings (SSSR count). The number of benzene rings is 1. The van der Waals surface area contributed by atoms with Gasteiger partial charge in [-0.1, -0.05) is 18.2 Å². The first kappa shape index (κ1) is 20.9. The second-order valence-corrected chi connectivity index (χ2v) is 6.37. The predicted octanol–water partition coefficient (Wildman–Crippen LogP) is 2.76. The van der Waals surface area contributed by atoms with Gasteiger partial charge in [-0.05, 0) is 6.07 Å². The predicted molar refractivity (Wildman–Crippen MR) is 90.8 cm³/mol. The monoisotopic (exact) mass is 384 g/mol. The number of halogens is 4. The zero-order chi connectivity index (χ0) is 16.7. The van der Waals surface area contributed by atoms with Gasteiger partial charge < -0.3 is 15.4 Å². The minimum absolute atomic E-state index is 0. The van der Waals surface area contributed by atoms with Crippen LogP contribution >= 0.6 is 24.2 Å². The number of alkyl halides is 3. The van der Waals surface area contributed by atoms with Crippen LogP contribution in [0.25, 0.3) is 0 Å². The van der Waals surface area contributed by atoms with Gasteiger partial charge in [0.05, 0.1) is 0 Å². The van der Waals surface area contributed by atoms with Crippen molar-refractivity contribution in [2.24, 2.45) is 0 Å². The van der Waals surface area contributed by atoms with E-state index >= 15 is 0 Å². The summed E-state index contributed by atoms with van der Waals surface area (Å²) in [7, 11) is 0. The average molecular weight is 385 g/mol. The van der Waals surface area contributed by atoms with Crippen LogP contribution in [-0.2, 0) is 11.3 Å². The summed E-state index contributed by atoms with van der Waals surface area (Å²) in [5.74, 6) is 1.94. The van der Waals surface area contributed by atoms with Crippen LogP contribution in [-0.4, -0.2) is 42.8 Å². The Balaban J connectivity index is 0.00000288. The SMILES string of the molecule is Cl.O=C(CC1CSCCN1)NCc1ccccc1OCC(F)(F)F. The van der Waals surface area contributed by atoms with E-state index < -0.39 is 12.8 Å². The van der Waals surface area contributed by atoms with Crippen LogP contribution in [0.2, 0.25) is 0 Å². The van der Waals surface area contributed by atoms with Crippen LogP contribution in [0.3, 0.4) is 0 Å². The molecule has 0 radical (unpaired) electrons. The van der Waals surface area contributed by atoms with E-state index in [4.69, 9.17) is 4.74 Å². The van der Waals surface area contributed by atoms with Gasteiger partial charge in [-0.2, -0.15) is 24.9 Å². The lowest BCUT2D eigenvalue weighted by molar-refractivity contribution is -0.153. The summed E-state index contributed by atoms with van der Waals surface area (Å²) in [4.78, 5) is 11.9. The van der Waals surface area contributed by atoms with Crippen molar-refractivity contribution in [3.63, 3.8) is 0 Å². The lowest BCUT2D eigenvalue weighted by Crippen LogP contribution is -2.41. The van der Waals surface area contributed by atoms with Crippen molar-refractivity contribution >= 4 is 30.1 Å². The van der Waals surface area contributed by atoms with E-state index in [-0.39, 0.29) is 36.7 Å². The van der Waals surface area contributed by atoms with E-state index in [0.29, 0.717) is 12.0 Å². The van der Waals surface area contributed by atoms with Gasteiger partial charge in [-0.3, -0.25) is 4.79 Å². The number of rotatable bonds is 6. The van der Waals surface area contributed by atoms with Gasteiger partial charge in [0.2, 0.25) is 5.91 Å². The van der Waals surface area contributed by atoms with Crippen LogP contribution in [0, 0.1) is 0 Å². The van der Waals surface area contributed by atoms with Gasteiger partial charge >= 0.3 is 6.18 Å². The molecule has 1 aromatic carbocycles. The smallest absolute Gasteiger partial charge is 0.422 e. The van der Waals surface area contributed by atoms with E-state index in [2.05, 4.69) is 10.6 Å². The quantitative estimate of drug-likeness (QED) is 0.792. The maximum Gasteiger partial charge on any atom is 0.422 e. The van der Waals surface area contributed by atoms with E-state index in [1.54, 1.807) is 30.0 Å². The first-order valence-electron chi connectivity index (χ1n) is 7.29. The zero-order valence-electron chi connectivity index (χ0n) is 12.9. The Kier molecular flexibility index (Phi) is 8.72. The minimum atomic E-state index is -4.39. The minimum Gasteiger partial charge on any atom is -0.484 e. The number of nitrogens with one attached hydrogen (secondary N) is 2. The van der Waals surface area contributed by atoms with Gasteiger partial charge in [0.25, 0.3) is 0 Å². The summed E-state index contributed by atoms with van der Waals surface area (Å²) in [6.45, 7) is -0.315. The fraction of sp³-hybridized carbons (Fsp3) is 0.533. The molecule has 0 aliphatic carbocycles. The molecule has 1 aromatic rings. The third-order valence-electron chi connectivity index (χ3n) is 3.27. The first-order valence-corrected chi connectivity index (χ1v) is 8.45. The maximum atomic E-state index is 12.2. The van der Waals surface area contributed by atoms with Crippen molar-refractivity contribution < 1.29 is 22.7 Å². The molecule has 1 aliphatic heterocycles. The van der Waals surface area contributed by atoms with Crippen LogP contribution in [0.5, 0.6) is 5.75 Å². The first-order chi connectivity index (χ1) is 10.9. The highest BCUT2D eigenvalue weighted by atomic mass is 35.5. The van der Waals surface area contributed by atoms with E-state index in [1.807, 2.05) is 0 Å². The molecule has 1 saturated heterocycles. The largest absolute Gasteiger partial charge is 0.484 e. The molecule has 136 valence electrons. The molecule has 0 saturated carbocycles. The summed E-state index contributed by atoms with van der Waals surface area (Å²) in [5, 5.41) is 6.00. The fourth-order valence-corrected chi connectivity index (χ4v) is 3.14. The molecular weight excluding hydrogens is 365 g/mol. The molecule has 1 atom stereocenters. The summed E-state index contributed by atoms with van der Waals surface area (Å²) in [5.41, 5.74) is 0.524. The highest BCUT2D eigenvalue weighted by Gasteiger charge is 2.28. The summed E-state index contributed by atoms with van der Waals surface area (Å²) in [6.07, 6.45) is -4.03. The summed E-state index contributed by atoms with van der Waals surface area (Å²) < 4.78 is 41.5. The second kappa shape index (κ2) is 10.0. The molecule has 0 aromatic heterocycles. The number of para-hydroxylation sites is 1. The summed E-state index contributed by atoms with van der Waals surface area (Å²) >= 11 is 1.80. The normalized spacial score (nSPS) is 17.7. The number of ether oxygens (including phenoxy) is 1. The molecular formula is C15H20ClF3N2O2S. The molecule has 1 aliphatic rings. The number of thioether (sulfide) groups is 1. The lowest BCUT2D eigenvalue weighted by Gasteiger charge is -2.22. The van der Waals surface area contributed by atoms with Gasteiger partial charge in [0.15, 0.2) is 6.61 Å². The fourth-order valence-electron chi connectivity index (χ4n) is 2.19. The number of hydrogen-bond acceptors (Lipinski definition) is 4. The Morgan fingerprint density at radius 1 is 1.38 bits per heavy atom. The number of hydrogen-bond donors (Lipinski definition) is 2.